The van der Waals surface area contributed by atoms with Gasteiger partial charge in [0.05, 0.1) is 0 Å². The summed E-state index contributed by atoms with van der Waals surface area (Å²) in [6, 6.07) is 19.6. The number of benzene rings is 2. The molecule has 0 radical (unpaired) electrons. The lowest BCUT2D eigenvalue weighted by molar-refractivity contribution is 0.759. The third-order valence-electron chi connectivity index (χ3n) is 4.26. The molecule has 2 aromatic rings. The van der Waals surface area contributed by atoms with Gasteiger partial charge in [-0.15, -0.1) is 0 Å². The lowest BCUT2D eigenvalue weighted by atomic mass is 9.75. The molecule has 2 atom stereocenters. The van der Waals surface area contributed by atoms with Crippen molar-refractivity contribution in [3.05, 3.63) is 101 Å². The van der Waals surface area contributed by atoms with Crippen molar-refractivity contribution in [1.29, 1.82) is 0 Å². The fourth-order valence-electron chi connectivity index (χ4n) is 3.30. The Morgan fingerprint density at radius 2 is 1.57 bits per heavy atom. The molecular formula is C20H15I. The first kappa shape index (κ1) is 13.1. The first-order valence-electron chi connectivity index (χ1n) is 7.24. The standard InChI is InChI=1S/C20H15I/c21-20-17-12-6-4-10-15(17)19(14-8-2-1-3-9-14)16-11-5-7-13-18(16)20/h1-13,17,20H. The normalized spacial score (nSPS) is 22.9. The van der Waals surface area contributed by atoms with Crippen LogP contribution in [0.15, 0.2) is 84.5 Å². The maximum atomic E-state index is 2.59. The molecule has 2 aliphatic rings. The van der Waals surface area contributed by atoms with Crippen molar-refractivity contribution in [3.63, 3.8) is 0 Å². The van der Waals surface area contributed by atoms with E-state index in [-0.39, 0.29) is 0 Å². The highest BCUT2D eigenvalue weighted by atomic mass is 127. The van der Waals surface area contributed by atoms with E-state index in [1.807, 2.05) is 0 Å². The second-order valence-corrected chi connectivity index (χ2v) is 6.80. The van der Waals surface area contributed by atoms with Crippen LogP contribution >= 0.6 is 22.6 Å². The molecule has 0 fully saturated rings. The quantitative estimate of drug-likeness (QED) is 0.437. The third-order valence-corrected chi connectivity index (χ3v) is 5.70. The average molecular weight is 382 g/mol. The van der Waals surface area contributed by atoms with Gasteiger partial charge in [0.2, 0.25) is 0 Å². The number of hydrogen-bond acceptors (Lipinski definition) is 0. The van der Waals surface area contributed by atoms with Crippen molar-refractivity contribution in [2.45, 2.75) is 3.92 Å². The molecule has 0 heterocycles. The molecule has 0 nitrogen and oxygen atoms in total. The average Bonchev–Trinajstić information content (AvgIpc) is 2.56. The number of alkyl halides is 1. The Balaban J connectivity index is 2.04. The first-order chi connectivity index (χ1) is 10.4. The SMILES string of the molecule is IC1c2ccccc2C(c2ccccc2)=C2C=CC=CC21. The summed E-state index contributed by atoms with van der Waals surface area (Å²) < 4.78 is 0.502. The van der Waals surface area contributed by atoms with Gasteiger partial charge in [0.15, 0.2) is 0 Å². The molecule has 0 bridgehead atoms. The van der Waals surface area contributed by atoms with E-state index in [4.69, 9.17) is 0 Å². The Bertz CT molecular complexity index is 765. The van der Waals surface area contributed by atoms with E-state index in [0.717, 1.165) is 0 Å². The maximum absolute atomic E-state index is 2.59. The molecule has 0 spiro atoms. The highest BCUT2D eigenvalue weighted by Gasteiger charge is 2.32. The lowest BCUT2D eigenvalue weighted by Gasteiger charge is -2.33. The second kappa shape index (κ2) is 5.30. The Labute approximate surface area is 139 Å². The van der Waals surface area contributed by atoms with Crippen LogP contribution in [-0.2, 0) is 0 Å². The van der Waals surface area contributed by atoms with Crippen molar-refractivity contribution in [1.82, 2.24) is 0 Å². The third kappa shape index (κ3) is 2.11. The van der Waals surface area contributed by atoms with Crippen LogP contribution in [0.2, 0.25) is 0 Å². The molecule has 2 aliphatic carbocycles. The molecule has 0 N–H and O–H groups in total. The minimum absolute atomic E-state index is 0.473. The van der Waals surface area contributed by atoms with E-state index < -0.39 is 0 Å². The zero-order valence-corrected chi connectivity index (χ0v) is 13.7. The highest BCUT2D eigenvalue weighted by Crippen LogP contribution is 2.49. The molecule has 4 rings (SSSR count). The predicted molar refractivity (Wildman–Crippen MR) is 97.4 cm³/mol. The molecule has 0 saturated carbocycles. The van der Waals surface area contributed by atoms with E-state index in [9.17, 15) is 0 Å². The van der Waals surface area contributed by atoms with Crippen molar-refractivity contribution in [2.24, 2.45) is 5.92 Å². The van der Waals surface area contributed by atoms with Crippen LogP contribution in [0.5, 0.6) is 0 Å². The molecule has 0 saturated heterocycles. The van der Waals surface area contributed by atoms with Gasteiger partial charge >= 0.3 is 0 Å². The van der Waals surface area contributed by atoms with Crippen LogP contribution < -0.4 is 0 Å². The molecule has 2 unspecified atom stereocenters. The lowest BCUT2D eigenvalue weighted by Crippen LogP contribution is -2.17. The van der Waals surface area contributed by atoms with E-state index in [2.05, 4.69) is 101 Å². The summed E-state index contributed by atoms with van der Waals surface area (Å²) in [5.74, 6) is 0.473. The topological polar surface area (TPSA) is 0 Å². The van der Waals surface area contributed by atoms with Crippen LogP contribution in [0, 0.1) is 5.92 Å². The molecule has 102 valence electrons. The summed E-state index contributed by atoms with van der Waals surface area (Å²) in [7, 11) is 0. The van der Waals surface area contributed by atoms with Crippen LogP contribution in [0.4, 0.5) is 0 Å². The summed E-state index contributed by atoms with van der Waals surface area (Å²) in [5, 5.41) is 0. The maximum Gasteiger partial charge on any atom is 0.0469 e. The Morgan fingerprint density at radius 3 is 2.43 bits per heavy atom. The minimum Gasteiger partial charge on any atom is -0.0764 e. The van der Waals surface area contributed by atoms with Crippen molar-refractivity contribution in [2.75, 3.05) is 0 Å². The number of allylic oxidation sites excluding steroid dienone is 5. The summed E-state index contributed by atoms with van der Waals surface area (Å²) in [6.45, 7) is 0. The van der Waals surface area contributed by atoms with Gasteiger partial charge in [-0.25, -0.2) is 0 Å². The summed E-state index contributed by atoms with van der Waals surface area (Å²) in [6.07, 6.45) is 8.96. The fourth-order valence-corrected chi connectivity index (χ4v) is 4.47. The zero-order valence-electron chi connectivity index (χ0n) is 11.5. The Kier molecular flexibility index (Phi) is 3.30. The van der Waals surface area contributed by atoms with Gasteiger partial charge in [-0.05, 0) is 27.8 Å². The van der Waals surface area contributed by atoms with Gasteiger partial charge < -0.3 is 0 Å². The van der Waals surface area contributed by atoms with Gasteiger partial charge in [0, 0.05) is 9.84 Å². The zero-order chi connectivity index (χ0) is 14.2. The predicted octanol–water partition coefficient (Wildman–Crippen LogP) is 5.72. The fraction of sp³-hybridized carbons (Fsp3) is 0.100. The van der Waals surface area contributed by atoms with E-state index >= 15 is 0 Å². The number of rotatable bonds is 1. The smallest absolute Gasteiger partial charge is 0.0469 e. The minimum atomic E-state index is 0.473. The van der Waals surface area contributed by atoms with E-state index in [1.165, 1.54) is 27.8 Å². The molecular weight excluding hydrogens is 367 g/mol. The highest BCUT2D eigenvalue weighted by molar-refractivity contribution is 14.1. The molecule has 21 heavy (non-hydrogen) atoms. The van der Waals surface area contributed by atoms with Gasteiger partial charge in [-0.2, -0.15) is 0 Å². The van der Waals surface area contributed by atoms with Crippen molar-refractivity contribution in [3.8, 4) is 0 Å². The molecule has 2 aromatic carbocycles. The number of hydrogen-bond donors (Lipinski definition) is 0. The largest absolute Gasteiger partial charge is 0.0764 e. The summed E-state index contributed by atoms with van der Waals surface area (Å²) in [4.78, 5) is 0. The monoisotopic (exact) mass is 382 g/mol. The Morgan fingerprint density at radius 1 is 0.810 bits per heavy atom. The van der Waals surface area contributed by atoms with Gasteiger partial charge in [0.25, 0.3) is 0 Å². The van der Waals surface area contributed by atoms with Gasteiger partial charge in [-0.1, -0.05) is 101 Å². The van der Waals surface area contributed by atoms with Gasteiger partial charge in [-0.3, -0.25) is 0 Å². The second-order valence-electron chi connectivity index (χ2n) is 5.46. The first-order valence-corrected chi connectivity index (χ1v) is 8.48. The summed E-state index contributed by atoms with van der Waals surface area (Å²) in [5.41, 5.74) is 6.99. The molecule has 0 aromatic heterocycles. The number of fused-ring (bicyclic) bond motifs is 2. The van der Waals surface area contributed by atoms with E-state index in [1.54, 1.807) is 0 Å². The van der Waals surface area contributed by atoms with Gasteiger partial charge in [0.1, 0.15) is 0 Å². The summed E-state index contributed by atoms with van der Waals surface area (Å²) >= 11 is 2.59. The van der Waals surface area contributed by atoms with Crippen LogP contribution in [-0.4, -0.2) is 0 Å². The molecule has 0 amide bonds. The van der Waals surface area contributed by atoms with Crippen molar-refractivity contribution >= 4 is 28.2 Å². The van der Waals surface area contributed by atoms with Crippen LogP contribution in [0.25, 0.3) is 5.57 Å². The molecule has 1 heteroatoms. The van der Waals surface area contributed by atoms with Crippen LogP contribution in [0.1, 0.15) is 20.6 Å². The van der Waals surface area contributed by atoms with E-state index in [0.29, 0.717) is 9.84 Å². The molecule has 0 aliphatic heterocycles. The number of halogens is 1. The van der Waals surface area contributed by atoms with Crippen molar-refractivity contribution < 1.29 is 0 Å². The Hall–Kier alpha value is -1.61. The van der Waals surface area contributed by atoms with Crippen LogP contribution in [0.3, 0.4) is 0 Å².